The predicted molar refractivity (Wildman–Crippen MR) is 68.2 cm³/mol. The average molecular weight is 369 g/mol. The lowest BCUT2D eigenvalue weighted by atomic mass is 10.1. The van der Waals surface area contributed by atoms with Gasteiger partial charge in [0.2, 0.25) is 0 Å². The van der Waals surface area contributed by atoms with Gasteiger partial charge in [-0.2, -0.15) is 26.3 Å². The van der Waals surface area contributed by atoms with Crippen molar-refractivity contribution < 1.29 is 35.9 Å². The fourth-order valence-electron chi connectivity index (χ4n) is 1.56. The number of rotatable bonds is 2. The van der Waals surface area contributed by atoms with Crippen LogP contribution in [-0.2, 0) is 12.4 Å². The van der Waals surface area contributed by atoms with Crippen molar-refractivity contribution in [2.45, 2.75) is 12.4 Å². The Morgan fingerprint density at radius 3 is 2.21 bits per heavy atom. The molecule has 0 aliphatic rings. The fourth-order valence-corrected chi connectivity index (χ4v) is 2.24. The smallest absolute Gasteiger partial charge is 0.287 e. The first-order chi connectivity index (χ1) is 11.0. The van der Waals surface area contributed by atoms with Crippen molar-refractivity contribution in [2.75, 3.05) is 0 Å². The maximum atomic E-state index is 12.8. The number of hydrogen-bond acceptors (Lipinski definition) is 5. The van der Waals surface area contributed by atoms with Crippen molar-refractivity contribution in [3.63, 3.8) is 0 Å². The van der Waals surface area contributed by atoms with Gasteiger partial charge in [-0.3, -0.25) is 19.9 Å². The Bertz CT molecular complexity index is 784. The average Bonchev–Trinajstić information content (AvgIpc) is 2.96. The van der Waals surface area contributed by atoms with Gasteiger partial charge in [0.15, 0.2) is 5.01 Å². The van der Waals surface area contributed by atoms with Gasteiger partial charge >= 0.3 is 12.4 Å². The zero-order chi connectivity index (χ0) is 18.1. The molecule has 2 amide bonds. The minimum Gasteiger partial charge on any atom is -0.287 e. The Labute approximate surface area is 133 Å². The van der Waals surface area contributed by atoms with Gasteiger partial charge in [0, 0.05) is 12.4 Å². The molecular formula is C12H5F6N3O2S. The zero-order valence-corrected chi connectivity index (χ0v) is 12.0. The Balaban J connectivity index is 2.22. The molecule has 0 atom stereocenters. The van der Waals surface area contributed by atoms with Gasteiger partial charge < -0.3 is 0 Å². The SMILES string of the molecule is O=C(NC(=O)c1cnccc1C(F)(F)F)c1cnc(C(F)(F)F)s1. The molecule has 0 saturated heterocycles. The highest BCUT2D eigenvalue weighted by Gasteiger charge is 2.37. The molecule has 2 aromatic heterocycles. The molecule has 0 spiro atoms. The number of aromatic nitrogens is 2. The summed E-state index contributed by atoms with van der Waals surface area (Å²) in [6.45, 7) is 0. The summed E-state index contributed by atoms with van der Waals surface area (Å²) >= 11 is -0.0434. The van der Waals surface area contributed by atoms with Crippen molar-refractivity contribution in [2.24, 2.45) is 0 Å². The molecule has 0 aliphatic carbocycles. The first-order valence-corrected chi connectivity index (χ1v) is 6.71. The van der Waals surface area contributed by atoms with E-state index in [9.17, 15) is 35.9 Å². The van der Waals surface area contributed by atoms with Crippen molar-refractivity contribution in [1.29, 1.82) is 0 Å². The lowest BCUT2D eigenvalue weighted by Gasteiger charge is -2.11. The molecule has 12 heteroatoms. The molecule has 0 bridgehead atoms. The van der Waals surface area contributed by atoms with E-state index < -0.39 is 45.2 Å². The number of pyridine rings is 1. The number of alkyl halides is 6. The molecule has 1 N–H and O–H groups in total. The van der Waals surface area contributed by atoms with Gasteiger partial charge in [-0.05, 0) is 6.07 Å². The number of imide groups is 1. The van der Waals surface area contributed by atoms with Crippen LogP contribution in [0.25, 0.3) is 0 Å². The second-order valence-electron chi connectivity index (χ2n) is 4.23. The van der Waals surface area contributed by atoms with Crippen LogP contribution in [0, 0.1) is 0 Å². The molecule has 0 unspecified atom stereocenters. The molecule has 128 valence electrons. The second-order valence-corrected chi connectivity index (χ2v) is 5.26. The molecule has 0 fully saturated rings. The van der Waals surface area contributed by atoms with Gasteiger partial charge in [0.05, 0.1) is 17.3 Å². The van der Waals surface area contributed by atoms with E-state index in [-0.39, 0.29) is 11.3 Å². The third kappa shape index (κ3) is 3.88. The van der Waals surface area contributed by atoms with Crippen LogP contribution >= 0.6 is 11.3 Å². The Kier molecular flexibility index (Phi) is 4.60. The summed E-state index contributed by atoms with van der Waals surface area (Å²) in [5.74, 6) is -2.74. The first-order valence-electron chi connectivity index (χ1n) is 5.90. The highest BCUT2D eigenvalue weighted by atomic mass is 32.1. The summed E-state index contributed by atoms with van der Waals surface area (Å²) in [6.07, 6.45) is -7.67. The Morgan fingerprint density at radius 2 is 1.67 bits per heavy atom. The number of hydrogen-bond donors (Lipinski definition) is 1. The molecule has 0 radical (unpaired) electrons. The van der Waals surface area contributed by atoms with Gasteiger partial charge in [0.25, 0.3) is 11.8 Å². The predicted octanol–water partition coefficient (Wildman–Crippen LogP) is 3.15. The molecular weight excluding hydrogens is 364 g/mol. The molecule has 5 nitrogen and oxygen atoms in total. The molecule has 0 aromatic carbocycles. The number of nitrogens with zero attached hydrogens (tertiary/aromatic N) is 2. The Morgan fingerprint density at radius 1 is 1.00 bits per heavy atom. The normalized spacial score (nSPS) is 12.1. The van der Waals surface area contributed by atoms with Crippen LogP contribution in [0.15, 0.2) is 24.7 Å². The summed E-state index contributed by atoms with van der Waals surface area (Å²) in [5, 5.41) is 0.253. The maximum absolute atomic E-state index is 12.8. The van der Waals surface area contributed by atoms with Crippen molar-refractivity contribution in [1.82, 2.24) is 15.3 Å². The van der Waals surface area contributed by atoms with E-state index in [4.69, 9.17) is 0 Å². The van der Waals surface area contributed by atoms with E-state index in [1.54, 1.807) is 5.32 Å². The third-order valence-electron chi connectivity index (χ3n) is 2.57. The highest BCUT2D eigenvalue weighted by Crippen LogP contribution is 2.33. The van der Waals surface area contributed by atoms with Gasteiger partial charge in [0.1, 0.15) is 4.88 Å². The summed E-state index contributed by atoms with van der Waals surface area (Å²) in [4.78, 5) is 29.3. The number of thiazole rings is 1. The monoisotopic (exact) mass is 369 g/mol. The first kappa shape index (κ1) is 17.8. The Hall–Kier alpha value is -2.50. The van der Waals surface area contributed by atoms with Crippen LogP contribution in [0.2, 0.25) is 0 Å². The zero-order valence-electron chi connectivity index (χ0n) is 11.2. The minimum atomic E-state index is -4.87. The van der Waals surface area contributed by atoms with Crippen molar-refractivity contribution in [3.8, 4) is 0 Å². The lowest BCUT2D eigenvalue weighted by molar-refractivity contribution is -0.138. The van der Waals surface area contributed by atoms with E-state index in [1.165, 1.54) is 0 Å². The van der Waals surface area contributed by atoms with E-state index >= 15 is 0 Å². The third-order valence-corrected chi connectivity index (χ3v) is 3.61. The number of amides is 2. The summed E-state index contributed by atoms with van der Waals surface area (Å²) in [5.41, 5.74) is -2.26. The van der Waals surface area contributed by atoms with E-state index in [1.807, 2.05) is 0 Å². The largest absolute Gasteiger partial charge is 0.443 e. The molecule has 24 heavy (non-hydrogen) atoms. The van der Waals surface area contributed by atoms with Crippen LogP contribution in [-0.4, -0.2) is 21.8 Å². The lowest BCUT2D eigenvalue weighted by Crippen LogP contribution is -2.31. The van der Waals surface area contributed by atoms with Crippen LogP contribution in [0.5, 0.6) is 0 Å². The number of nitrogens with one attached hydrogen (secondary N) is 1. The summed E-state index contributed by atoms with van der Waals surface area (Å²) < 4.78 is 75.5. The van der Waals surface area contributed by atoms with Crippen molar-refractivity contribution in [3.05, 3.63) is 45.7 Å². The molecule has 0 aliphatic heterocycles. The maximum Gasteiger partial charge on any atom is 0.443 e. The summed E-state index contributed by atoms with van der Waals surface area (Å²) in [7, 11) is 0. The quantitative estimate of drug-likeness (QED) is 0.652. The van der Waals surface area contributed by atoms with E-state index in [2.05, 4.69) is 9.97 Å². The van der Waals surface area contributed by atoms with E-state index in [0.29, 0.717) is 18.5 Å². The van der Waals surface area contributed by atoms with Crippen LogP contribution in [0.4, 0.5) is 26.3 Å². The van der Waals surface area contributed by atoms with Crippen LogP contribution in [0.1, 0.15) is 30.6 Å². The molecule has 2 rings (SSSR count). The van der Waals surface area contributed by atoms with E-state index in [0.717, 1.165) is 6.20 Å². The minimum absolute atomic E-state index is 0.0434. The second kappa shape index (κ2) is 6.19. The van der Waals surface area contributed by atoms with Gasteiger partial charge in [-0.25, -0.2) is 4.98 Å². The number of carbonyl (C=O) groups is 2. The number of carbonyl (C=O) groups excluding carboxylic acids is 2. The molecule has 0 saturated carbocycles. The van der Waals surface area contributed by atoms with Gasteiger partial charge in [-0.15, -0.1) is 11.3 Å². The van der Waals surface area contributed by atoms with Crippen molar-refractivity contribution >= 4 is 23.2 Å². The van der Waals surface area contributed by atoms with Gasteiger partial charge in [-0.1, -0.05) is 0 Å². The highest BCUT2D eigenvalue weighted by molar-refractivity contribution is 7.13. The molecule has 2 heterocycles. The van der Waals surface area contributed by atoms with Crippen LogP contribution in [0.3, 0.4) is 0 Å². The standard InChI is InChI=1S/C12H5F6N3O2S/c13-11(14,15)6-1-2-19-3-5(6)8(22)21-9(23)7-4-20-10(24-7)12(16,17)18/h1-4H,(H,21,22,23). The number of halogens is 6. The van der Waals surface area contributed by atoms with Crippen LogP contribution < -0.4 is 5.32 Å². The topological polar surface area (TPSA) is 72.0 Å². The molecule has 2 aromatic rings. The summed E-state index contributed by atoms with van der Waals surface area (Å²) in [6, 6.07) is 0.536. The fraction of sp³-hybridized carbons (Fsp3) is 0.167.